The van der Waals surface area contributed by atoms with E-state index >= 15 is 0 Å². The third-order valence-corrected chi connectivity index (χ3v) is 2.51. The largest absolute Gasteiger partial charge is 0.453 e. The molecule has 0 amide bonds. The fraction of sp³-hybridized carbons (Fsp3) is 0.417. The van der Waals surface area contributed by atoms with E-state index in [9.17, 15) is 4.79 Å². The van der Waals surface area contributed by atoms with E-state index in [1.165, 1.54) is 0 Å². The molecule has 0 aliphatic carbocycles. The van der Waals surface area contributed by atoms with Crippen molar-refractivity contribution in [3.63, 3.8) is 0 Å². The van der Waals surface area contributed by atoms with Crippen LogP contribution in [-0.2, 0) is 22.6 Å². The number of ether oxygens (including phenoxy) is 3. The Hall–Kier alpha value is -1.55. The standard InChI is InChI=1S/C12H14O4/c1-14-7-10-5-4-9(3-2-6-13)11-12(10)16-8-15-11/h4-6H,2-3,7-8H2,1H3. The van der Waals surface area contributed by atoms with Gasteiger partial charge in [0.2, 0.25) is 6.79 Å². The highest BCUT2D eigenvalue weighted by atomic mass is 16.7. The topological polar surface area (TPSA) is 44.8 Å². The number of hydrogen-bond acceptors (Lipinski definition) is 4. The number of aldehydes is 1. The van der Waals surface area contributed by atoms with Gasteiger partial charge < -0.3 is 19.0 Å². The molecule has 1 aromatic rings. The van der Waals surface area contributed by atoms with E-state index in [-0.39, 0.29) is 6.79 Å². The molecule has 0 atom stereocenters. The first-order valence-corrected chi connectivity index (χ1v) is 5.19. The number of aryl methyl sites for hydroxylation is 1. The quantitative estimate of drug-likeness (QED) is 0.711. The van der Waals surface area contributed by atoms with Crippen LogP contribution in [0.25, 0.3) is 0 Å². The van der Waals surface area contributed by atoms with Crippen molar-refractivity contribution in [1.29, 1.82) is 0 Å². The zero-order valence-electron chi connectivity index (χ0n) is 9.19. The van der Waals surface area contributed by atoms with Gasteiger partial charge in [-0.1, -0.05) is 12.1 Å². The summed E-state index contributed by atoms with van der Waals surface area (Å²) >= 11 is 0. The third kappa shape index (κ3) is 2.02. The second-order valence-electron chi connectivity index (χ2n) is 3.59. The molecule has 0 saturated carbocycles. The predicted molar refractivity (Wildman–Crippen MR) is 57.7 cm³/mol. The van der Waals surface area contributed by atoms with Crippen molar-refractivity contribution in [3.8, 4) is 11.5 Å². The molecule has 0 saturated heterocycles. The number of rotatable bonds is 5. The SMILES string of the molecule is COCc1ccc(CCC=O)c2c1OCO2. The van der Waals surface area contributed by atoms with Crippen LogP contribution in [0.1, 0.15) is 17.5 Å². The van der Waals surface area contributed by atoms with Crippen molar-refractivity contribution >= 4 is 6.29 Å². The van der Waals surface area contributed by atoms with E-state index < -0.39 is 0 Å². The van der Waals surface area contributed by atoms with Crippen LogP contribution in [0.5, 0.6) is 11.5 Å². The Morgan fingerprint density at radius 3 is 2.69 bits per heavy atom. The molecule has 0 aromatic heterocycles. The van der Waals surface area contributed by atoms with E-state index in [1.54, 1.807) is 7.11 Å². The normalized spacial score (nSPS) is 12.8. The van der Waals surface area contributed by atoms with Crippen molar-refractivity contribution in [2.24, 2.45) is 0 Å². The Kier molecular flexibility index (Phi) is 3.41. The smallest absolute Gasteiger partial charge is 0.231 e. The molecule has 4 heteroatoms. The third-order valence-electron chi connectivity index (χ3n) is 2.51. The highest BCUT2D eigenvalue weighted by molar-refractivity contribution is 5.56. The van der Waals surface area contributed by atoms with Gasteiger partial charge in [0.05, 0.1) is 6.61 Å². The monoisotopic (exact) mass is 222 g/mol. The van der Waals surface area contributed by atoms with Crippen LogP contribution < -0.4 is 9.47 Å². The summed E-state index contributed by atoms with van der Waals surface area (Å²) in [5, 5.41) is 0. The van der Waals surface area contributed by atoms with E-state index in [2.05, 4.69) is 0 Å². The average molecular weight is 222 g/mol. The van der Waals surface area contributed by atoms with Gasteiger partial charge in [0.1, 0.15) is 6.29 Å². The number of carbonyl (C=O) groups excluding carboxylic acids is 1. The molecule has 0 spiro atoms. The molecule has 0 bridgehead atoms. The first kappa shape index (κ1) is 11.0. The van der Waals surface area contributed by atoms with Crippen LogP contribution in [-0.4, -0.2) is 20.2 Å². The molecule has 1 aliphatic heterocycles. The number of benzene rings is 1. The maximum absolute atomic E-state index is 10.4. The summed E-state index contributed by atoms with van der Waals surface area (Å²) in [5.41, 5.74) is 1.99. The maximum Gasteiger partial charge on any atom is 0.231 e. The lowest BCUT2D eigenvalue weighted by atomic mass is 10.1. The lowest BCUT2D eigenvalue weighted by molar-refractivity contribution is -0.107. The highest BCUT2D eigenvalue weighted by Gasteiger charge is 2.21. The Morgan fingerprint density at radius 2 is 2.00 bits per heavy atom. The van der Waals surface area contributed by atoms with Crippen LogP contribution in [0, 0.1) is 0 Å². The van der Waals surface area contributed by atoms with Crippen LogP contribution in [0.4, 0.5) is 0 Å². The highest BCUT2D eigenvalue weighted by Crippen LogP contribution is 2.39. The summed E-state index contributed by atoms with van der Waals surface area (Å²) < 4.78 is 15.9. The molecule has 2 rings (SSSR count). The molecule has 0 radical (unpaired) electrons. The van der Waals surface area contributed by atoms with Crippen LogP contribution in [0.15, 0.2) is 12.1 Å². The van der Waals surface area contributed by atoms with Gasteiger partial charge in [-0.25, -0.2) is 0 Å². The van der Waals surface area contributed by atoms with Gasteiger partial charge in [-0.15, -0.1) is 0 Å². The number of methoxy groups -OCH3 is 1. The first-order valence-electron chi connectivity index (χ1n) is 5.19. The minimum Gasteiger partial charge on any atom is -0.453 e. The fourth-order valence-corrected chi connectivity index (χ4v) is 1.79. The van der Waals surface area contributed by atoms with Crippen LogP contribution in [0.3, 0.4) is 0 Å². The van der Waals surface area contributed by atoms with E-state index in [0.717, 1.165) is 28.9 Å². The molecular formula is C12H14O4. The van der Waals surface area contributed by atoms with E-state index in [0.29, 0.717) is 19.4 Å². The van der Waals surface area contributed by atoms with Gasteiger partial charge >= 0.3 is 0 Å². The molecule has 1 heterocycles. The lowest BCUT2D eigenvalue weighted by Crippen LogP contribution is -1.95. The summed E-state index contributed by atoms with van der Waals surface area (Å²) in [5.74, 6) is 1.52. The summed E-state index contributed by atoms with van der Waals surface area (Å²) in [6.45, 7) is 0.740. The average Bonchev–Trinajstić information content (AvgIpc) is 2.78. The minimum atomic E-state index is 0.240. The van der Waals surface area contributed by atoms with Gasteiger partial charge in [0, 0.05) is 19.1 Å². The zero-order valence-corrected chi connectivity index (χ0v) is 9.19. The van der Waals surface area contributed by atoms with Crippen LogP contribution >= 0.6 is 0 Å². The fourth-order valence-electron chi connectivity index (χ4n) is 1.79. The molecule has 0 N–H and O–H groups in total. The molecule has 1 aromatic carbocycles. The predicted octanol–water partition coefficient (Wildman–Crippen LogP) is 1.69. The van der Waals surface area contributed by atoms with Crippen molar-refractivity contribution in [1.82, 2.24) is 0 Å². The van der Waals surface area contributed by atoms with Gasteiger partial charge in [0.25, 0.3) is 0 Å². The van der Waals surface area contributed by atoms with Gasteiger partial charge in [0.15, 0.2) is 11.5 Å². The summed E-state index contributed by atoms with van der Waals surface area (Å²) in [6, 6.07) is 3.92. The van der Waals surface area contributed by atoms with Crippen molar-refractivity contribution in [2.75, 3.05) is 13.9 Å². The Morgan fingerprint density at radius 1 is 1.31 bits per heavy atom. The van der Waals surface area contributed by atoms with E-state index in [4.69, 9.17) is 14.2 Å². The molecular weight excluding hydrogens is 208 g/mol. The second kappa shape index (κ2) is 4.99. The summed E-state index contributed by atoms with van der Waals surface area (Å²) in [7, 11) is 1.64. The Bertz CT molecular complexity index is 387. The van der Waals surface area contributed by atoms with E-state index in [1.807, 2.05) is 12.1 Å². The van der Waals surface area contributed by atoms with Gasteiger partial charge in [-0.2, -0.15) is 0 Å². The summed E-state index contributed by atoms with van der Waals surface area (Å²) in [4.78, 5) is 10.4. The minimum absolute atomic E-state index is 0.240. The first-order chi connectivity index (χ1) is 7.86. The zero-order chi connectivity index (χ0) is 11.4. The molecule has 0 fully saturated rings. The molecule has 86 valence electrons. The van der Waals surface area contributed by atoms with Crippen molar-refractivity contribution < 1.29 is 19.0 Å². The number of carbonyl (C=O) groups is 1. The maximum atomic E-state index is 10.4. The van der Waals surface area contributed by atoms with Crippen LogP contribution in [0.2, 0.25) is 0 Å². The number of fused-ring (bicyclic) bond motifs is 1. The van der Waals surface area contributed by atoms with Gasteiger partial charge in [-0.05, 0) is 12.0 Å². The second-order valence-corrected chi connectivity index (χ2v) is 3.59. The molecule has 4 nitrogen and oxygen atoms in total. The number of hydrogen-bond donors (Lipinski definition) is 0. The van der Waals surface area contributed by atoms with Crippen molar-refractivity contribution in [2.45, 2.75) is 19.4 Å². The van der Waals surface area contributed by atoms with Crippen molar-refractivity contribution in [3.05, 3.63) is 23.3 Å². The molecule has 16 heavy (non-hydrogen) atoms. The van der Waals surface area contributed by atoms with Gasteiger partial charge in [-0.3, -0.25) is 0 Å². The summed E-state index contributed by atoms with van der Waals surface area (Å²) in [6.07, 6.45) is 2.09. The molecule has 1 aliphatic rings. The Labute approximate surface area is 94.1 Å². The lowest BCUT2D eigenvalue weighted by Gasteiger charge is -2.08. The Balaban J connectivity index is 2.29. The molecule has 0 unspecified atom stereocenters.